The first-order valence-corrected chi connectivity index (χ1v) is 6.14. The molecule has 0 aromatic heterocycles. The van der Waals surface area contributed by atoms with Crippen LogP contribution < -0.4 is 15.8 Å². The van der Waals surface area contributed by atoms with Crippen LogP contribution in [0.5, 0.6) is 5.75 Å². The minimum atomic E-state index is -0.0645. The maximum Gasteiger partial charge on any atom is 0.189 e. The average Bonchev–Trinajstić information content (AvgIpc) is 2.22. The zero-order valence-electron chi connectivity index (χ0n) is 11.7. The van der Waals surface area contributed by atoms with Crippen LogP contribution in [0.2, 0.25) is 0 Å². The standard InChI is InChI=1S/C14H23N3O/c1-11-6-5-7-12(10-11)18-9-8-16-13(15)17-14(2,3)4/h5-7,10H,8-9H2,1-4H3,(H3,15,16,17). The fourth-order valence-corrected chi connectivity index (χ4v) is 1.46. The van der Waals surface area contributed by atoms with Gasteiger partial charge in [0, 0.05) is 5.54 Å². The van der Waals surface area contributed by atoms with Crippen LogP contribution in [0.25, 0.3) is 0 Å². The molecule has 0 spiro atoms. The Labute approximate surface area is 109 Å². The molecule has 3 N–H and O–H groups in total. The van der Waals surface area contributed by atoms with Gasteiger partial charge in [0.1, 0.15) is 12.4 Å². The second kappa shape index (κ2) is 6.28. The van der Waals surface area contributed by atoms with Crippen molar-refractivity contribution in [3.63, 3.8) is 0 Å². The third-order valence-corrected chi connectivity index (χ3v) is 2.13. The topological polar surface area (TPSA) is 59.6 Å². The molecule has 0 radical (unpaired) electrons. The molecule has 4 nitrogen and oxygen atoms in total. The molecule has 0 atom stereocenters. The van der Waals surface area contributed by atoms with E-state index in [4.69, 9.17) is 10.5 Å². The van der Waals surface area contributed by atoms with E-state index < -0.39 is 0 Å². The van der Waals surface area contributed by atoms with E-state index in [1.165, 1.54) is 5.56 Å². The van der Waals surface area contributed by atoms with E-state index in [-0.39, 0.29) is 5.54 Å². The molecule has 0 fully saturated rings. The third kappa shape index (κ3) is 6.13. The molecule has 0 unspecified atom stereocenters. The molecule has 18 heavy (non-hydrogen) atoms. The first-order valence-electron chi connectivity index (χ1n) is 6.14. The van der Waals surface area contributed by atoms with Crippen molar-refractivity contribution in [1.29, 1.82) is 0 Å². The first-order chi connectivity index (χ1) is 8.37. The molecular formula is C14H23N3O. The minimum Gasteiger partial charge on any atom is -0.492 e. The quantitative estimate of drug-likeness (QED) is 0.488. The van der Waals surface area contributed by atoms with Gasteiger partial charge in [0.2, 0.25) is 0 Å². The lowest BCUT2D eigenvalue weighted by Crippen LogP contribution is -2.45. The summed E-state index contributed by atoms with van der Waals surface area (Å²) in [6.07, 6.45) is 0. The summed E-state index contributed by atoms with van der Waals surface area (Å²) < 4.78 is 5.58. The SMILES string of the molecule is Cc1cccc(OCCN=C(N)NC(C)(C)C)c1. The van der Waals surface area contributed by atoms with Gasteiger partial charge in [-0.3, -0.25) is 0 Å². The molecule has 100 valence electrons. The number of nitrogens with zero attached hydrogens (tertiary/aromatic N) is 1. The summed E-state index contributed by atoms with van der Waals surface area (Å²) in [6, 6.07) is 7.95. The Kier molecular flexibility index (Phi) is 5.01. The summed E-state index contributed by atoms with van der Waals surface area (Å²) >= 11 is 0. The minimum absolute atomic E-state index is 0.0645. The molecule has 4 heteroatoms. The Morgan fingerprint density at radius 1 is 1.39 bits per heavy atom. The summed E-state index contributed by atoms with van der Waals surface area (Å²) in [5.41, 5.74) is 6.87. The molecule has 1 aromatic carbocycles. The summed E-state index contributed by atoms with van der Waals surface area (Å²) in [4.78, 5) is 4.21. The van der Waals surface area contributed by atoms with E-state index in [0.29, 0.717) is 19.1 Å². The monoisotopic (exact) mass is 249 g/mol. The number of nitrogens with one attached hydrogen (secondary N) is 1. The van der Waals surface area contributed by atoms with Crippen molar-refractivity contribution in [3.8, 4) is 5.75 Å². The predicted octanol–water partition coefficient (Wildman–Crippen LogP) is 2.08. The first kappa shape index (κ1) is 14.4. The highest BCUT2D eigenvalue weighted by Crippen LogP contribution is 2.11. The van der Waals surface area contributed by atoms with Crippen molar-refractivity contribution in [2.75, 3.05) is 13.2 Å². The van der Waals surface area contributed by atoms with Crippen LogP contribution in [-0.4, -0.2) is 24.7 Å². The van der Waals surface area contributed by atoms with Gasteiger partial charge in [0.15, 0.2) is 5.96 Å². The van der Waals surface area contributed by atoms with Crippen molar-refractivity contribution in [2.24, 2.45) is 10.7 Å². The van der Waals surface area contributed by atoms with Crippen molar-refractivity contribution in [1.82, 2.24) is 5.32 Å². The lowest BCUT2D eigenvalue weighted by atomic mass is 10.1. The van der Waals surface area contributed by atoms with Gasteiger partial charge in [-0.2, -0.15) is 0 Å². The van der Waals surface area contributed by atoms with Crippen LogP contribution in [-0.2, 0) is 0 Å². The van der Waals surface area contributed by atoms with Gasteiger partial charge in [-0.1, -0.05) is 12.1 Å². The number of hydrogen-bond donors (Lipinski definition) is 2. The van der Waals surface area contributed by atoms with E-state index in [9.17, 15) is 0 Å². The Bertz CT molecular complexity index is 408. The van der Waals surface area contributed by atoms with Gasteiger partial charge in [-0.15, -0.1) is 0 Å². The van der Waals surface area contributed by atoms with Crippen molar-refractivity contribution >= 4 is 5.96 Å². The summed E-state index contributed by atoms with van der Waals surface area (Å²) in [6.45, 7) is 9.23. The normalized spacial score (nSPS) is 12.3. The smallest absolute Gasteiger partial charge is 0.189 e. The molecule has 0 aliphatic heterocycles. The van der Waals surface area contributed by atoms with Crippen LogP contribution in [0.15, 0.2) is 29.3 Å². The summed E-state index contributed by atoms with van der Waals surface area (Å²) in [5, 5.41) is 3.10. The Morgan fingerprint density at radius 3 is 2.72 bits per heavy atom. The predicted molar refractivity (Wildman–Crippen MR) is 76.1 cm³/mol. The van der Waals surface area contributed by atoms with E-state index in [1.54, 1.807) is 0 Å². The van der Waals surface area contributed by atoms with Crippen LogP contribution in [0.4, 0.5) is 0 Å². The average molecular weight is 249 g/mol. The Morgan fingerprint density at radius 2 is 2.11 bits per heavy atom. The zero-order chi connectivity index (χ0) is 13.6. The zero-order valence-corrected chi connectivity index (χ0v) is 11.7. The number of guanidine groups is 1. The van der Waals surface area contributed by atoms with Gasteiger partial charge < -0.3 is 15.8 Å². The number of rotatable bonds is 4. The Hall–Kier alpha value is -1.71. The van der Waals surface area contributed by atoms with Crippen molar-refractivity contribution in [2.45, 2.75) is 33.2 Å². The molecule has 1 rings (SSSR count). The van der Waals surface area contributed by atoms with Gasteiger partial charge in [-0.05, 0) is 45.4 Å². The van der Waals surface area contributed by atoms with Crippen LogP contribution in [0, 0.1) is 6.92 Å². The van der Waals surface area contributed by atoms with Gasteiger partial charge in [0.05, 0.1) is 6.54 Å². The van der Waals surface area contributed by atoms with E-state index in [0.717, 1.165) is 5.75 Å². The second-order valence-electron chi connectivity index (χ2n) is 5.31. The highest BCUT2D eigenvalue weighted by atomic mass is 16.5. The van der Waals surface area contributed by atoms with Crippen molar-refractivity contribution in [3.05, 3.63) is 29.8 Å². The molecule has 0 amide bonds. The lowest BCUT2D eigenvalue weighted by molar-refractivity contribution is 0.328. The summed E-state index contributed by atoms with van der Waals surface area (Å²) in [5.74, 6) is 1.32. The number of nitrogens with two attached hydrogens (primary N) is 1. The van der Waals surface area contributed by atoms with Gasteiger partial charge in [0.25, 0.3) is 0 Å². The number of hydrogen-bond acceptors (Lipinski definition) is 2. The molecule has 0 bridgehead atoms. The van der Waals surface area contributed by atoms with Gasteiger partial charge in [-0.25, -0.2) is 4.99 Å². The highest BCUT2D eigenvalue weighted by molar-refractivity contribution is 5.78. The summed E-state index contributed by atoms with van der Waals surface area (Å²) in [7, 11) is 0. The van der Waals surface area contributed by atoms with E-state index in [1.807, 2.05) is 52.0 Å². The fraction of sp³-hybridized carbons (Fsp3) is 0.500. The fourth-order valence-electron chi connectivity index (χ4n) is 1.46. The Balaban J connectivity index is 2.32. The lowest BCUT2D eigenvalue weighted by Gasteiger charge is -2.20. The number of aryl methyl sites for hydroxylation is 1. The van der Waals surface area contributed by atoms with Crippen molar-refractivity contribution < 1.29 is 4.74 Å². The third-order valence-electron chi connectivity index (χ3n) is 2.13. The molecule has 0 saturated carbocycles. The van der Waals surface area contributed by atoms with E-state index >= 15 is 0 Å². The number of benzene rings is 1. The molecule has 0 aliphatic carbocycles. The molecule has 1 aromatic rings. The second-order valence-corrected chi connectivity index (χ2v) is 5.31. The molecule has 0 saturated heterocycles. The molecule has 0 aliphatic rings. The van der Waals surface area contributed by atoms with Crippen LogP contribution in [0.3, 0.4) is 0 Å². The number of ether oxygens (including phenoxy) is 1. The highest BCUT2D eigenvalue weighted by Gasteiger charge is 2.09. The largest absolute Gasteiger partial charge is 0.492 e. The van der Waals surface area contributed by atoms with E-state index in [2.05, 4.69) is 10.3 Å². The van der Waals surface area contributed by atoms with Crippen LogP contribution in [0.1, 0.15) is 26.3 Å². The maximum atomic E-state index is 5.75. The number of aliphatic imine (C=N–C) groups is 1. The van der Waals surface area contributed by atoms with Gasteiger partial charge >= 0.3 is 0 Å². The van der Waals surface area contributed by atoms with Crippen LogP contribution >= 0.6 is 0 Å². The molecule has 0 heterocycles. The molecular weight excluding hydrogens is 226 g/mol. The maximum absolute atomic E-state index is 5.75.